The molecule has 0 aliphatic rings. The summed E-state index contributed by atoms with van der Waals surface area (Å²) < 4.78 is 5.29. The van der Waals surface area contributed by atoms with Crippen LogP contribution in [0.5, 0.6) is 5.75 Å². The number of carbonyl (C=O) groups excluding carboxylic acids is 2. The first kappa shape index (κ1) is 19.0. The Balaban J connectivity index is 1.67. The first-order valence-corrected chi connectivity index (χ1v) is 8.08. The number of para-hydroxylation sites is 1. The molecule has 0 aliphatic heterocycles. The van der Waals surface area contributed by atoms with Crippen molar-refractivity contribution in [1.29, 1.82) is 0 Å². The van der Waals surface area contributed by atoms with E-state index in [1.54, 1.807) is 12.1 Å². The Hall–Kier alpha value is -3.35. The minimum Gasteiger partial charge on any atom is -0.484 e. The van der Waals surface area contributed by atoms with Gasteiger partial charge < -0.3 is 15.0 Å². The zero-order valence-corrected chi connectivity index (χ0v) is 14.8. The molecule has 0 radical (unpaired) electrons. The summed E-state index contributed by atoms with van der Waals surface area (Å²) in [7, 11) is 3.92. The minimum atomic E-state index is -0.417. The first-order chi connectivity index (χ1) is 12.5. The van der Waals surface area contributed by atoms with E-state index in [1.165, 1.54) is 6.21 Å². The third-order valence-electron chi connectivity index (χ3n) is 3.37. The second-order valence-corrected chi connectivity index (χ2v) is 5.66. The molecule has 0 aromatic heterocycles. The molecule has 2 aromatic rings. The molecule has 2 rings (SSSR count). The maximum Gasteiger partial charge on any atom is 0.259 e. The zero-order valence-electron chi connectivity index (χ0n) is 14.8. The third-order valence-corrected chi connectivity index (χ3v) is 3.37. The van der Waals surface area contributed by atoms with Gasteiger partial charge in [-0.2, -0.15) is 5.10 Å². The summed E-state index contributed by atoms with van der Waals surface area (Å²) in [4.78, 5) is 25.3. The lowest BCUT2D eigenvalue weighted by Crippen LogP contribution is -2.37. The van der Waals surface area contributed by atoms with Crippen LogP contribution in [0.25, 0.3) is 0 Å². The van der Waals surface area contributed by atoms with Crippen LogP contribution in [-0.4, -0.2) is 45.3 Å². The van der Waals surface area contributed by atoms with E-state index in [0.29, 0.717) is 5.75 Å². The lowest BCUT2D eigenvalue weighted by molar-refractivity contribution is -0.127. The second kappa shape index (κ2) is 9.83. The Labute approximate surface area is 152 Å². The van der Waals surface area contributed by atoms with E-state index in [-0.39, 0.29) is 19.1 Å². The summed E-state index contributed by atoms with van der Waals surface area (Å²) in [5.41, 5.74) is 4.30. The fraction of sp³-hybridized carbons (Fsp3) is 0.211. The van der Waals surface area contributed by atoms with Crippen molar-refractivity contribution < 1.29 is 14.3 Å². The average Bonchev–Trinajstić information content (AvgIpc) is 2.66. The van der Waals surface area contributed by atoms with Crippen molar-refractivity contribution in [3.8, 4) is 5.75 Å². The van der Waals surface area contributed by atoms with E-state index < -0.39 is 5.91 Å². The number of carbonyl (C=O) groups is 2. The van der Waals surface area contributed by atoms with Crippen molar-refractivity contribution in [2.45, 2.75) is 0 Å². The van der Waals surface area contributed by atoms with Crippen LogP contribution in [0.15, 0.2) is 59.7 Å². The number of nitrogens with one attached hydrogen (secondary N) is 2. The number of hydrogen-bond acceptors (Lipinski definition) is 5. The molecule has 2 aromatic carbocycles. The van der Waals surface area contributed by atoms with Crippen molar-refractivity contribution in [2.75, 3.05) is 32.1 Å². The lowest BCUT2D eigenvalue weighted by Gasteiger charge is -2.11. The maximum absolute atomic E-state index is 11.7. The number of nitrogens with zero attached hydrogens (tertiary/aromatic N) is 2. The number of hydrazone groups is 1. The van der Waals surface area contributed by atoms with E-state index >= 15 is 0 Å². The molecule has 0 aliphatic carbocycles. The Morgan fingerprint density at radius 2 is 1.73 bits per heavy atom. The predicted octanol–water partition coefficient (Wildman–Crippen LogP) is 1.40. The predicted molar refractivity (Wildman–Crippen MR) is 101 cm³/mol. The van der Waals surface area contributed by atoms with Gasteiger partial charge in [0.15, 0.2) is 6.61 Å². The summed E-state index contributed by atoms with van der Waals surface area (Å²) in [6, 6.07) is 16.7. The number of hydrogen-bond donors (Lipinski definition) is 2. The largest absolute Gasteiger partial charge is 0.484 e. The van der Waals surface area contributed by atoms with Gasteiger partial charge in [0.1, 0.15) is 5.75 Å². The highest BCUT2D eigenvalue weighted by Gasteiger charge is 2.05. The van der Waals surface area contributed by atoms with Crippen molar-refractivity contribution in [2.24, 2.45) is 5.10 Å². The molecule has 7 heteroatoms. The number of ether oxygens (including phenoxy) is 1. The van der Waals surface area contributed by atoms with Gasteiger partial charge in [-0.15, -0.1) is 0 Å². The topological polar surface area (TPSA) is 83.0 Å². The Morgan fingerprint density at radius 1 is 1.04 bits per heavy atom. The van der Waals surface area contributed by atoms with E-state index in [2.05, 4.69) is 15.8 Å². The molecule has 2 N–H and O–H groups in total. The molecular weight excluding hydrogens is 332 g/mol. The Kier molecular flexibility index (Phi) is 7.17. The fourth-order valence-electron chi connectivity index (χ4n) is 1.97. The van der Waals surface area contributed by atoms with Crippen molar-refractivity contribution in [1.82, 2.24) is 10.7 Å². The lowest BCUT2D eigenvalue weighted by atomic mass is 10.2. The van der Waals surface area contributed by atoms with Crippen LogP contribution in [0.3, 0.4) is 0 Å². The number of amides is 2. The number of benzene rings is 2. The Morgan fingerprint density at radius 3 is 2.38 bits per heavy atom. The molecule has 136 valence electrons. The molecule has 0 saturated heterocycles. The quantitative estimate of drug-likeness (QED) is 0.554. The van der Waals surface area contributed by atoms with Gasteiger partial charge in [-0.25, -0.2) is 5.43 Å². The molecule has 0 unspecified atom stereocenters. The van der Waals surface area contributed by atoms with Gasteiger partial charge in [0, 0.05) is 19.8 Å². The number of anilines is 1. The van der Waals surface area contributed by atoms with Crippen molar-refractivity contribution >= 4 is 23.7 Å². The van der Waals surface area contributed by atoms with Crippen LogP contribution in [-0.2, 0) is 9.59 Å². The second-order valence-electron chi connectivity index (χ2n) is 5.66. The molecule has 0 bridgehead atoms. The smallest absolute Gasteiger partial charge is 0.259 e. The molecule has 26 heavy (non-hydrogen) atoms. The summed E-state index contributed by atoms with van der Waals surface area (Å²) in [6.07, 6.45) is 1.54. The van der Waals surface area contributed by atoms with Crippen LogP contribution >= 0.6 is 0 Å². The number of rotatable bonds is 8. The molecule has 0 fully saturated rings. The van der Waals surface area contributed by atoms with Crippen LogP contribution in [0, 0.1) is 0 Å². The molecule has 0 spiro atoms. The van der Waals surface area contributed by atoms with Gasteiger partial charge in [0.2, 0.25) is 0 Å². The molecule has 0 saturated carbocycles. The molecule has 7 nitrogen and oxygen atoms in total. The summed E-state index contributed by atoms with van der Waals surface area (Å²) in [6.45, 7) is -0.327. The van der Waals surface area contributed by atoms with Crippen LogP contribution < -0.4 is 20.4 Å². The monoisotopic (exact) mass is 354 g/mol. The molecular formula is C19H22N4O3. The maximum atomic E-state index is 11.7. The first-order valence-electron chi connectivity index (χ1n) is 8.08. The average molecular weight is 354 g/mol. The highest BCUT2D eigenvalue weighted by atomic mass is 16.5. The Bertz CT molecular complexity index is 743. The molecule has 2 amide bonds. The van der Waals surface area contributed by atoms with Crippen molar-refractivity contribution in [3.05, 3.63) is 60.2 Å². The zero-order chi connectivity index (χ0) is 18.8. The van der Waals surface area contributed by atoms with E-state index in [9.17, 15) is 9.59 Å². The summed E-state index contributed by atoms with van der Waals surface area (Å²) in [5, 5.41) is 6.33. The van der Waals surface area contributed by atoms with E-state index in [1.807, 2.05) is 61.5 Å². The van der Waals surface area contributed by atoms with E-state index in [0.717, 1.165) is 11.3 Å². The van der Waals surface area contributed by atoms with Gasteiger partial charge in [0.25, 0.3) is 11.8 Å². The minimum absolute atomic E-state index is 0.154. The highest BCUT2D eigenvalue weighted by molar-refractivity contribution is 5.86. The van der Waals surface area contributed by atoms with Crippen molar-refractivity contribution in [3.63, 3.8) is 0 Å². The summed E-state index contributed by atoms with van der Waals surface area (Å²) >= 11 is 0. The van der Waals surface area contributed by atoms with Gasteiger partial charge >= 0.3 is 0 Å². The van der Waals surface area contributed by atoms with Crippen LogP contribution in [0.4, 0.5) is 5.69 Å². The normalized spacial score (nSPS) is 10.4. The standard InChI is InChI=1S/C19H22N4O3/c1-23(2)16-10-8-15(9-11-16)12-21-22-18(24)13-20-19(25)14-26-17-6-4-3-5-7-17/h3-12H,13-14H2,1-2H3,(H,20,25)(H,22,24)/b21-12-. The van der Waals surface area contributed by atoms with Gasteiger partial charge in [-0.3, -0.25) is 9.59 Å². The van der Waals surface area contributed by atoms with Gasteiger partial charge in [-0.1, -0.05) is 30.3 Å². The highest BCUT2D eigenvalue weighted by Crippen LogP contribution is 2.10. The SMILES string of the molecule is CN(C)c1ccc(/C=N\NC(=O)CNC(=O)COc2ccccc2)cc1. The van der Waals surface area contributed by atoms with Gasteiger partial charge in [-0.05, 0) is 29.8 Å². The van der Waals surface area contributed by atoms with Crippen LogP contribution in [0.2, 0.25) is 0 Å². The van der Waals surface area contributed by atoms with E-state index in [4.69, 9.17) is 4.74 Å². The van der Waals surface area contributed by atoms with Crippen LogP contribution in [0.1, 0.15) is 5.56 Å². The van der Waals surface area contributed by atoms with Gasteiger partial charge in [0.05, 0.1) is 12.8 Å². The third kappa shape index (κ3) is 6.64. The molecule has 0 heterocycles. The fourth-order valence-corrected chi connectivity index (χ4v) is 1.97. The molecule has 0 atom stereocenters. The summed E-state index contributed by atoms with van der Waals surface area (Å²) in [5.74, 6) is -0.205.